The van der Waals surface area contributed by atoms with Crippen LogP contribution >= 0.6 is 0 Å². The summed E-state index contributed by atoms with van der Waals surface area (Å²) >= 11 is 0. The van der Waals surface area contributed by atoms with Crippen molar-refractivity contribution in [1.82, 2.24) is 9.55 Å². The molecule has 1 heterocycles. The Kier molecular flexibility index (Phi) is 4.14. The van der Waals surface area contributed by atoms with Gasteiger partial charge in [0.1, 0.15) is 0 Å². The Labute approximate surface area is 122 Å². The van der Waals surface area contributed by atoms with E-state index in [4.69, 9.17) is 4.74 Å². The number of nitrogens with one attached hydrogen (secondary N) is 1. The second-order valence-corrected chi connectivity index (χ2v) is 7.12. The molecular weight excluding hydrogens is 250 g/mol. The molecule has 1 saturated carbocycles. The lowest BCUT2D eigenvalue weighted by Gasteiger charge is -2.10. The van der Waals surface area contributed by atoms with E-state index in [1.54, 1.807) is 7.11 Å². The molecule has 1 aliphatic rings. The summed E-state index contributed by atoms with van der Waals surface area (Å²) in [5, 5.41) is 3.55. The number of rotatable bonds is 7. The third-order valence-corrected chi connectivity index (χ3v) is 5.43. The van der Waals surface area contributed by atoms with Gasteiger partial charge in [-0.1, -0.05) is 27.7 Å². The monoisotopic (exact) mass is 279 g/mol. The number of aromatic nitrogens is 2. The van der Waals surface area contributed by atoms with E-state index in [1.165, 1.54) is 0 Å². The van der Waals surface area contributed by atoms with Crippen molar-refractivity contribution < 1.29 is 4.74 Å². The van der Waals surface area contributed by atoms with Gasteiger partial charge in [0.25, 0.3) is 0 Å². The first-order valence-electron chi connectivity index (χ1n) is 7.57. The highest BCUT2D eigenvalue weighted by Crippen LogP contribution is 2.68. The zero-order valence-electron chi connectivity index (χ0n) is 13.8. The predicted molar refractivity (Wildman–Crippen MR) is 83.0 cm³/mol. The maximum Gasteiger partial charge on any atom is 0.203 e. The Balaban J connectivity index is 1.93. The standard InChI is InChI=1S/C16H29N3O/c1-12-11-19(8-7-9-20-6)14(18-12)17-10-13-15(2,3)16(13,4)5/h11,13H,7-10H2,1-6H3,(H,17,18). The maximum absolute atomic E-state index is 5.12. The van der Waals surface area contributed by atoms with Crippen molar-refractivity contribution >= 4 is 5.95 Å². The molecule has 4 heteroatoms. The molecule has 0 saturated heterocycles. The Morgan fingerprint density at radius 1 is 1.30 bits per heavy atom. The molecule has 0 atom stereocenters. The van der Waals surface area contributed by atoms with Crippen LogP contribution in [0, 0.1) is 23.7 Å². The Bertz CT molecular complexity index is 448. The Hall–Kier alpha value is -1.03. The van der Waals surface area contributed by atoms with E-state index in [1.807, 2.05) is 6.92 Å². The topological polar surface area (TPSA) is 39.1 Å². The summed E-state index contributed by atoms with van der Waals surface area (Å²) in [6.07, 6.45) is 3.13. The van der Waals surface area contributed by atoms with Crippen LogP contribution < -0.4 is 5.32 Å². The summed E-state index contributed by atoms with van der Waals surface area (Å²) in [6.45, 7) is 14.2. The first-order valence-corrected chi connectivity index (χ1v) is 7.57. The van der Waals surface area contributed by atoms with E-state index in [9.17, 15) is 0 Å². The SMILES string of the molecule is COCCCn1cc(C)nc1NCC1C(C)(C)C1(C)C. The summed E-state index contributed by atoms with van der Waals surface area (Å²) in [7, 11) is 1.75. The van der Waals surface area contributed by atoms with Gasteiger partial charge in [0.05, 0.1) is 5.69 Å². The molecule has 0 aliphatic heterocycles. The molecule has 1 fully saturated rings. The number of hydrogen-bond acceptors (Lipinski definition) is 3. The maximum atomic E-state index is 5.12. The summed E-state index contributed by atoms with van der Waals surface area (Å²) < 4.78 is 7.32. The quantitative estimate of drug-likeness (QED) is 0.778. The van der Waals surface area contributed by atoms with Crippen LogP contribution in [0.4, 0.5) is 5.95 Å². The Morgan fingerprint density at radius 2 is 1.95 bits per heavy atom. The van der Waals surface area contributed by atoms with Gasteiger partial charge in [-0.3, -0.25) is 0 Å². The second-order valence-electron chi connectivity index (χ2n) is 7.12. The molecule has 0 radical (unpaired) electrons. The van der Waals surface area contributed by atoms with Gasteiger partial charge in [0.15, 0.2) is 0 Å². The minimum absolute atomic E-state index is 0.419. The average molecular weight is 279 g/mol. The molecule has 0 bridgehead atoms. The zero-order chi connectivity index (χ0) is 15.0. The second kappa shape index (κ2) is 5.40. The molecule has 20 heavy (non-hydrogen) atoms. The van der Waals surface area contributed by atoms with Crippen molar-refractivity contribution in [3.8, 4) is 0 Å². The van der Waals surface area contributed by atoms with Crippen LogP contribution in [0.5, 0.6) is 0 Å². The highest BCUT2D eigenvalue weighted by atomic mass is 16.5. The fourth-order valence-electron chi connectivity index (χ4n) is 3.27. The molecule has 2 rings (SSSR count). The van der Waals surface area contributed by atoms with E-state index in [2.05, 4.69) is 48.8 Å². The van der Waals surface area contributed by atoms with Crippen LogP contribution in [0.1, 0.15) is 39.8 Å². The fraction of sp³-hybridized carbons (Fsp3) is 0.812. The van der Waals surface area contributed by atoms with E-state index in [-0.39, 0.29) is 0 Å². The lowest BCUT2D eigenvalue weighted by atomic mass is 10.0. The number of methoxy groups -OCH3 is 1. The molecule has 1 aromatic rings. The zero-order valence-corrected chi connectivity index (χ0v) is 13.8. The van der Waals surface area contributed by atoms with Gasteiger partial charge in [-0.15, -0.1) is 0 Å². The van der Waals surface area contributed by atoms with E-state index in [0.29, 0.717) is 16.7 Å². The number of imidazole rings is 1. The highest BCUT2D eigenvalue weighted by molar-refractivity contribution is 5.30. The third-order valence-electron chi connectivity index (χ3n) is 5.43. The van der Waals surface area contributed by atoms with Crippen LogP contribution in [-0.4, -0.2) is 29.8 Å². The minimum atomic E-state index is 0.419. The van der Waals surface area contributed by atoms with Crippen LogP contribution in [-0.2, 0) is 11.3 Å². The normalized spacial score (nSPS) is 20.1. The van der Waals surface area contributed by atoms with Crippen LogP contribution in [0.3, 0.4) is 0 Å². The molecule has 1 aromatic heterocycles. The third kappa shape index (κ3) is 2.71. The number of anilines is 1. The molecule has 1 N–H and O–H groups in total. The largest absolute Gasteiger partial charge is 0.385 e. The molecule has 0 spiro atoms. The van der Waals surface area contributed by atoms with Gasteiger partial charge in [-0.25, -0.2) is 4.98 Å². The van der Waals surface area contributed by atoms with Gasteiger partial charge in [0.2, 0.25) is 5.95 Å². The minimum Gasteiger partial charge on any atom is -0.385 e. The summed E-state index contributed by atoms with van der Waals surface area (Å²) in [5.74, 6) is 1.71. The number of aryl methyl sites for hydroxylation is 2. The summed E-state index contributed by atoms with van der Waals surface area (Å²) in [4.78, 5) is 4.60. The van der Waals surface area contributed by atoms with E-state index < -0.39 is 0 Å². The average Bonchev–Trinajstić information content (AvgIpc) is 2.63. The van der Waals surface area contributed by atoms with E-state index >= 15 is 0 Å². The first-order chi connectivity index (χ1) is 9.30. The molecular formula is C16H29N3O. The van der Waals surface area contributed by atoms with Crippen molar-refractivity contribution in [1.29, 1.82) is 0 Å². The molecule has 114 valence electrons. The van der Waals surface area contributed by atoms with E-state index in [0.717, 1.165) is 37.8 Å². The van der Waals surface area contributed by atoms with Gasteiger partial charge in [-0.05, 0) is 30.1 Å². The van der Waals surface area contributed by atoms with Crippen molar-refractivity contribution in [3.05, 3.63) is 11.9 Å². The smallest absolute Gasteiger partial charge is 0.203 e. The fourth-order valence-corrected chi connectivity index (χ4v) is 3.27. The van der Waals surface area contributed by atoms with Crippen molar-refractivity contribution in [2.45, 2.75) is 47.6 Å². The first kappa shape index (κ1) is 15.4. The van der Waals surface area contributed by atoms with Crippen molar-refractivity contribution in [2.24, 2.45) is 16.7 Å². The highest BCUT2D eigenvalue weighted by Gasteiger charge is 2.64. The molecule has 0 amide bonds. The predicted octanol–water partition coefficient (Wildman–Crippen LogP) is 3.32. The number of nitrogens with zero attached hydrogens (tertiary/aromatic N) is 2. The van der Waals surface area contributed by atoms with Crippen LogP contribution in [0.25, 0.3) is 0 Å². The molecule has 0 aromatic carbocycles. The summed E-state index contributed by atoms with van der Waals surface area (Å²) in [6, 6.07) is 0. The Morgan fingerprint density at radius 3 is 2.50 bits per heavy atom. The van der Waals surface area contributed by atoms with Crippen LogP contribution in [0.2, 0.25) is 0 Å². The lowest BCUT2D eigenvalue weighted by molar-refractivity contribution is 0.190. The number of ether oxygens (including phenoxy) is 1. The van der Waals surface area contributed by atoms with Gasteiger partial charge < -0.3 is 14.6 Å². The molecule has 1 aliphatic carbocycles. The number of hydrogen-bond donors (Lipinski definition) is 1. The summed E-state index contributed by atoms with van der Waals surface area (Å²) in [5.41, 5.74) is 1.91. The molecule has 4 nitrogen and oxygen atoms in total. The van der Waals surface area contributed by atoms with Gasteiger partial charge >= 0.3 is 0 Å². The van der Waals surface area contributed by atoms with Crippen molar-refractivity contribution in [2.75, 3.05) is 25.6 Å². The van der Waals surface area contributed by atoms with Crippen LogP contribution in [0.15, 0.2) is 6.20 Å². The molecule has 0 unspecified atom stereocenters. The van der Waals surface area contributed by atoms with Gasteiger partial charge in [0, 0.05) is 33.0 Å². The lowest BCUT2D eigenvalue weighted by Crippen LogP contribution is -2.13. The van der Waals surface area contributed by atoms with Crippen molar-refractivity contribution in [3.63, 3.8) is 0 Å². The van der Waals surface area contributed by atoms with Gasteiger partial charge in [-0.2, -0.15) is 0 Å².